The number of ketones is 1. The number of aromatic nitrogens is 2. The first-order chi connectivity index (χ1) is 16.0. The normalized spacial score (nSPS) is 11.5. The van der Waals surface area contributed by atoms with E-state index >= 15 is 0 Å². The molecule has 1 aromatic heterocycles. The average Bonchev–Trinajstić information content (AvgIpc) is 3.09. The van der Waals surface area contributed by atoms with Crippen molar-refractivity contribution < 1.29 is 22.7 Å². The van der Waals surface area contributed by atoms with Crippen LogP contribution in [0, 0.1) is 6.92 Å². The van der Waals surface area contributed by atoms with Gasteiger partial charge in [0.2, 0.25) is 5.78 Å². The Morgan fingerprint density at radius 2 is 1.62 bits per heavy atom. The smallest absolute Gasteiger partial charge is 0.406 e. The Hall–Kier alpha value is -3.00. The molecule has 4 rings (SSSR count). The van der Waals surface area contributed by atoms with Crippen molar-refractivity contribution in [3.63, 3.8) is 0 Å². The maximum absolute atomic E-state index is 13.3. The predicted molar refractivity (Wildman–Crippen MR) is 125 cm³/mol. The highest BCUT2D eigenvalue weighted by atomic mass is 35.5. The average molecular weight is 526 g/mol. The summed E-state index contributed by atoms with van der Waals surface area (Å²) in [5.74, 6) is -1.08. The number of nitrogens with zero attached hydrogens (tertiary/aromatic N) is 2. The molecular formula is C24H14Cl3F3N2O2. The molecule has 3 aromatic carbocycles. The summed E-state index contributed by atoms with van der Waals surface area (Å²) >= 11 is 18.5. The summed E-state index contributed by atoms with van der Waals surface area (Å²) in [6.45, 7) is 1.70. The molecule has 174 valence electrons. The highest BCUT2D eigenvalue weighted by Gasteiger charge is 2.31. The lowest BCUT2D eigenvalue weighted by Crippen LogP contribution is -2.17. The molecule has 0 amide bonds. The molecule has 0 unspecified atom stereocenters. The molecule has 0 radical (unpaired) electrons. The second-order valence-corrected chi connectivity index (χ2v) is 8.52. The zero-order valence-corrected chi connectivity index (χ0v) is 19.6. The van der Waals surface area contributed by atoms with Crippen molar-refractivity contribution in [3.05, 3.63) is 98.6 Å². The topological polar surface area (TPSA) is 44.1 Å². The molecule has 10 heteroatoms. The first kappa shape index (κ1) is 24.1. The number of rotatable bonds is 5. The van der Waals surface area contributed by atoms with Crippen LogP contribution in [0.15, 0.2) is 66.7 Å². The Morgan fingerprint density at radius 3 is 2.26 bits per heavy atom. The van der Waals surface area contributed by atoms with Crippen LogP contribution in [0.1, 0.15) is 21.6 Å². The van der Waals surface area contributed by atoms with Gasteiger partial charge < -0.3 is 4.74 Å². The van der Waals surface area contributed by atoms with Crippen molar-refractivity contribution in [1.82, 2.24) is 9.78 Å². The molecule has 1 heterocycles. The third-order valence-corrected chi connectivity index (χ3v) is 5.71. The van der Waals surface area contributed by atoms with Crippen LogP contribution >= 0.6 is 34.8 Å². The van der Waals surface area contributed by atoms with E-state index in [0.29, 0.717) is 37.6 Å². The van der Waals surface area contributed by atoms with E-state index in [4.69, 9.17) is 34.8 Å². The SMILES string of the molecule is Cc1c(C(=O)c2cccc(OC(F)(F)F)c2)nn(-c2ccc(Cl)cc2Cl)c1-c1ccc(Cl)cc1. The van der Waals surface area contributed by atoms with Crippen molar-refractivity contribution in [2.24, 2.45) is 0 Å². The van der Waals surface area contributed by atoms with E-state index < -0.39 is 17.9 Å². The van der Waals surface area contributed by atoms with Crippen LogP contribution < -0.4 is 4.74 Å². The fraction of sp³-hybridized carbons (Fsp3) is 0.0833. The second-order valence-electron chi connectivity index (χ2n) is 7.24. The van der Waals surface area contributed by atoms with Gasteiger partial charge >= 0.3 is 6.36 Å². The molecule has 0 N–H and O–H groups in total. The summed E-state index contributed by atoms with van der Waals surface area (Å²) in [5, 5.41) is 5.73. The Morgan fingerprint density at radius 1 is 0.941 bits per heavy atom. The number of hydrogen-bond acceptors (Lipinski definition) is 3. The first-order valence-electron chi connectivity index (χ1n) is 9.75. The third-order valence-electron chi connectivity index (χ3n) is 4.92. The van der Waals surface area contributed by atoms with Gasteiger partial charge in [-0.2, -0.15) is 5.10 Å². The van der Waals surface area contributed by atoms with Gasteiger partial charge in [0.15, 0.2) is 0 Å². The molecule has 0 saturated carbocycles. The van der Waals surface area contributed by atoms with Gasteiger partial charge in [-0.25, -0.2) is 4.68 Å². The Balaban J connectivity index is 1.87. The largest absolute Gasteiger partial charge is 0.573 e. The standard InChI is InChI=1S/C24H14Cl3F3N2O2/c1-13-21(23(33)15-3-2-4-18(11-15)34-24(28,29)30)31-32(20-10-9-17(26)12-19(20)27)22(13)14-5-7-16(25)8-6-14/h2-12H,1H3. The minimum atomic E-state index is -4.88. The summed E-state index contributed by atoms with van der Waals surface area (Å²) in [5.41, 5.74) is 2.26. The first-order valence-corrected chi connectivity index (χ1v) is 10.9. The number of ether oxygens (including phenoxy) is 1. The Labute approximate surface area is 207 Å². The van der Waals surface area contributed by atoms with Gasteiger partial charge in [0.25, 0.3) is 0 Å². The molecule has 0 saturated heterocycles. The van der Waals surface area contributed by atoms with E-state index in [1.54, 1.807) is 49.4 Å². The molecule has 0 bridgehead atoms. The maximum Gasteiger partial charge on any atom is 0.573 e. The number of alkyl halides is 3. The zero-order chi connectivity index (χ0) is 24.6. The van der Waals surface area contributed by atoms with Gasteiger partial charge in [-0.15, -0.1) is 13.2 Å². The van der Waals surface area contributed by atoms with Gasteiger partial charge in [-0.3, -0.25) is 4.79 Å². The lowest BCUT2D eigenvalue weighted by molar-refractivity contribution is -0.274. The highest BCUT2D eigenvalue weighted by molar-refractivity contribution is 6.35. The Bertz CT molecular complexity index is 1380. The monoisotopic (exact) mass is 524 g/mol. The quantitative estimate of drug-likeness (QED) is 0.248. The lowest BCUT2D eigenvalue weighted by Gasteiger charge is -2.11. The van der Waals surface area contributed by atoms with Gasteiger partial charge in [-0.05, 0) is 49.4 Å². The van der Waals surface area contributed by atoms with E-state index in [-0.39, 0.29) is 11.3 Å². The summed E-state index contributed by atoms with van der Waals surface area (Å²) in [6, 6.07) is 16.6. The van der Waals surface area contributed by atoms with Crippen LogP contribution in [0.4, 0.5) is 13.2 Å². The van der Waals surface area contributed by atoms with Crippen LogP contribution in [0.3, 0.4) is 0 Å². The van der Waals surface area contributed by atoms with Crippen LogP contribution in [-0.4, -0.2) is 21.9 Å². The van der Waals surface area contributed by atoms with Crippen LogP contribution in [-0.2, 0) is 0 Å². The minimum Gasteiger partial charge on any atom is -0.406 e. The number of carbonyl (C=O) groups is 1. The highest BCUT2D eigenvalue weighted by Crippen LogP contribution is 2.34. The molecule has 4 aromatic rings. The van der Waals surface area contributed by atoms with E-state index in [9.17, 15) is 18.0 Å². The van der Waals surface area contributed by atoms with E-state index in [1.165, 1.54) is 16.8 Å². The molecule has 0 aliphatic carbocycles. The summed E-state index contributed by atoms with van der Waals surface area (Å²) in [6.07, 6.45) is -4.88. The second kappa shape index (κ2) is 9.33. The van der Waals surface area contributed by atoms with Crippen LogP contribution in [0.2, 0.25) is 15.1 Å². The minimum absolute atomic E-state index is 0.0145. The van der Waals surface area contributed by atoms with Crippen molar-refractivity contribution in [1.29, 1.82) is 0 Å². The van der Waals surface area contributed by atoms with E-state index in [1.807, 2.05) is 0 Å². The Kier molecular flexibility index (Phi) is 6.62. The maximum atomic E-state index is 13.3. The molecular weight excluding hydrogens is 512 g/mol. The third kappa shape index (κ3) is 5.06. The van der Waals surface area contributed by atoms with Gasteiger partial charge in [0.05, 0.1) is 16.4 Å². The van der Waals surface area contributed by atoms with Crippen LogP contribution in [0.5, 0.6) is 5.75 Å². The predicted octanol–water partition coefficient (Wildman–Crippen LogP) is 7.94. The molecule has 0 atom stereocenters. The molecule has 0 spiro atoms. The van der Waals surface area contributed by atoms with Crippen molar-refractivity contribution in [2.45, 2.75) is 13.3 Å². The number of carbonyl (C=O) groups excluding carboxylic acids is 1. The summed E-state index contributed by atoms with van der Waals surface area (Å²) < 4.78 is 43.3. The van der Waals surface area contributed by atoms with E-state index in [0.717, 1.165) is 12.1 Å². The molecule has 4 nitrogen and oxygen atoms in total. The van der Waals surface area contributed by atoms with Gasteiger partial charge in [-0.1, -0.05) is 59.1 Å². The molecule has 34 heavy (non-hydrogen) atoms. The van der Waals surface area contributed by atoms with Gasteiger partial charge in [0.1, 0.15) is 11.4 Å². The zero-order valence-electron chi connectivity index (χ0n) is 17.3. The van der Waals surface area contributed by atoms with Gasteiger partial charge in [0, 0.05) is 26.7 Å². The van der Waals surface area contributed by atoms with E-state index in [2.05, 4.69) is 9.84 Å². The van der Waals surface area contributed by atoms with Crippen LogP contribution in [0.25, 0.3) is 16.9 Å². The number of benzene rings is 3. The fourth-order valence-corrected chi connectivity index (χ4v) is 4.07. The lowest BCUT2D eigenvalue weighted by atomic mass is 10.0. The number of halogens is 6. The summed E-state index contributed by atoms with van der Waals surface area (Å²) in [7, 11) is 0. The van der Waals surface area contributed by atoms with Crippen molar-refractivity contribution in [3.8, 4) is 22.7 Å². The molecule has 0 fully saturated rings. The summed E-state index contributed by atoms with van der Waals surface area (Å²) in [4.78, 5) is 13.3. The molecule has 0 aliphatic rings. The van der Waals surface area contributed by atoms with Crippen molar-refractivity contribution in [2.75, 3.05) is 0 Å². The fourth-order valence-electron chi connectivity index (χ4n) is 3.46. The van der Waals surface area contributed by atoms with Crippen molar-refractivity contribution >= 4 is 40.6 Å². The molecule has 0 aliphatic heterocycles. The number of hydrogen-bond donors (Lipinski definition) is 0.